The third-order valence-electron chi connectivity index (χ3n) is 3.26. The Balaban J connectivity index is 2.18. The fourth-order valence-corrected chi connectivity index (χ4v) is 2.42. The van der Waals surface area contributed by atoms with Crippen molar-refractivity contribution in [2.45, 2.75) is 45.4 Å². The summed E-state index contributed by atoms with van der Waals surface area (Å²) < 4.78 is 0. The smallest absolute Gasteiger partial charge is 0.0105 e. The van der Waals surface area contributed by atoms with E-state index in [9.17, 15) is 0 Å². The van der Waals surface area contributed by atoms with Gasteiger partial charge in [-0.05, 0) is 31.7 Å². The standard InChI is InChI=1S/C12H26N2/c1-2-3-9-14(10-8-13)11-12-6-4-5-7-12/h12H,2-11,13H2,1H3. The molecule has 0 radical (unpaired) electrons. The molecule has 0 bridgehead atoms. The average Bonchev–Trinajstić information content (AvgIpc) is 2.67. The molecule has 0 amide bonds. The van der Waals surface area contributed by atoms with Crippen LogP contribution in [0.1, 0.15) is 45.4 Å². The van der Waals surface area contributed by atoms with E-state index in [0.717, 1.165) is 19.0 Å². The summed E-state index contributed by atoms with van der Waals surface area (Å²) in [4.78, 5) is 2.57. The van der Waals surface area contributed by atoms with E-state index in [1.54, 1.807) is 0 Å². The molecule has 0 aromatic rings. The zero-order chi connectivity index (χ0) is 10.2. The topological polar surface area (TPSA) is 29.3 Å². The summed E-state index contributed by atoms with van der Waals surface area (Å²) in [5, 5.41) is 0. The third kappa shape index (κ3) is 4.43. The van der Waals surface area contributed by atoms with Crippen LogP contribution in [0.2, 0.25) is 0 Å². The Morgan fingerprint density at radius 1 is 1.21 bits per heavy atom. The highest BCUT2D eigenvalue weighted by Gasteiger charge is 2.17. The molecule has 0 aromatic carbocycles. The fourth-order valence-electron chi connectivity index (χ4n) is 2.42. The largest absolute Gasteiger partial charge is 0.329 e. The summed E-state index contributed by atoms with van der Waals surface area (Å²) in [6.45, 7) is 6.73. The number of unbranched alkanes of at least 4 members (excludes halogenated alkanes) is 1. The second-order valence-electron chi connectivity index (χ2n) is 4.59. The molecule has 1 aliphatic carbocycles. The maximum atomic E-state index is 5.63. The van der Waals surface area contributed by atoms with E-state index >= 15 is 0 Å². The minimum absolute atomic E-state index is 0.816. The average molecular weight is 198 g/mol. The van der Waals surface area contributed by atoms with Crippen LogP contribution in [0.15, 0.2) is 0 Å². The van der Waals surface area contributed by atoms with Crippen LogP contribution in [0.4, 0.5) is 0 Å². The van der Waals surface area contributed by atoms with Crippen LogP contribution in [-0.4, -0.2) is 31.1 Å². The highest BCUT2D eigenvalue weighted by Crippen LogP contribution is 2.25. The summed E-state index contributed by atoms with van der Waals surface area (Å²) in [5.41, 5.74) is 5.63. The van der Waals surface area contributed by atoms with E-state index in [2.05, 4.69) is 11.8 Å². The van der Waals surface area contributed by atoms with Gasteiger partial charge < -0.3 is 10.6 Å². The lowest BCUT2D eigenvalue weighted by Crippen LogP contribution is -2.34. The van der Waals surface area contributed by atoms with Gasteiger partial charge in [0.05, 0.1) is 0 Å². The van der Waals surface area contributed by atoms with E-state index in [0.29, 0.717) is 0 Å². The van der Waals surface area contributed by atoms with Crippen molar-refractivity contribution in [1.29, 1.82) is 0 Å². The number of hydrogen-bond acceptors (Lipinski definition) is 2. The predicted octanol–water partition coefficient (Wildman–Crippen LogP) is 2.24. The molecule has 84 valence electrons. The maximum Gasteiger partial charge on any atom is 0.0105 e. The molecule has 2 nitrogen and oxygen atoms in total. The van der Waals surface area contributed by atoms with Crippen LogP contribution in [0, 0.1) is 5.92 Å². The van der Waals surface area contributed by atoms with Crippen LogP contribution in [0.25, 0.3) is 0 Å². The second kappa shape index (κ2) is 7.24. The van der Waals surface area contributed by atoms with Gasteiger partial charge in [-0.25, -0.2) is 0 Å². The van der Waals surface area contributed by atoms with Gasteiger partial charge in [0.15, 0.2) is 0 Å². The molecule has 14 heavy (non-hydrogen) atoms. The third-order valence-corrected chi connectivity index (χ3v) is 3.26. The monoisotopic (exact) mass is 198 g/mol. The van der Waals surface area contributed by atoms with Gasteiger partial charge in [0.25, 0.3) is 0 Å². The van der Waals surface area contributed by atoms with Crippen LogP contribution in [0.5, 0.6) is 0 Å². The summed E-state index contributed by atoms with van der Waals surface area (Å²) in [6.07, 6.45) is 8.43. The molecule has 0 aliphatic heterocycles. The van der Waals surface area contributed by atoms with Gasteiger partial charge in [0, 0.05) is 19.6 Å². The van der Waals surface area contributed by atoms with Gasteiger partial charge in [-0.1, -0.05) is 26.2 Å². The fraction of sp³-hybridized carbons (Fsp3) is 1.00. The second-order valence-corrected chi connectivity index (χ2v) is 4.59. The highest BCUT2D eigenvalue weighted by molar-refractivity contribution is 4.72. The Kier molecular flexibility index (Phi) is 6.20. The predicted molar refractivity (Wildman–Crippen MR) is 62.4 cm³/mol. The first kappa shape index (κ1) is 12.0. The minimum atomic E-state index is 0.816. The van der Waals surface area contributed by atoms with Crippen molar-refractivity contribution >= 4 is 0 Å². The Morgan fingerprint density at radius 3 is 2.50 bits per heavy atom. The molecule has 0 spiro atoms. The molecule has 0 aromatic heterocycles. The number of nitrogens with zero attached hydrogens (tertiary/aromatic N) is 1. The van der Waals surface area contributed by atoms with Crippen LogP contribution in [0.3, 0.4) is 0 Å². The van der Waals surface area contributed by atoms with Crippen molar-refractivity contribution in [3.8, 4) is 0 Å². The Bertz CT molecular complexity index is 130. The molecule has 1 rings (SSSR count). The van der Waals surface area contributed by atoms with Crippen molar-refractivity contribution in [2.75, 3.05) is 26.2 Å². The first-order valence-electron chi connectivity index (χ1n) is 6.29. The molecule has 1 saturated carbocycles. The van der Waals surface area contributed by atoms with E-state index in [4.69, 9.17) is 5.73 Å². The molecule has 0 saturated heterocycles. The molecule has 0 atom stereocenters. The zero-order valence-electron chi connectivity index (χ0n) is 9.67. The zero-order valence-corrected chi connectivity index (χ0v) is 9.67. The van der Waals surface area contributed by atoms with Crippen molar-refractivity contribution in [1.82, 2.24) is 4.90 Å². The lowest BCUT2D eigenvalue weighted by atomic mass is 10.1. The number of nitrogens with two attached hydrogens (primary N) is 1. The van der Waals surface area contributed by atoms with Crippen molar-refractivity contribution < 1.29 is 0 Å². The van der Waals surface area contributed by atoms with Crippen LogP contribution in [-0.2, 0) is 0 Å². The quantitative estimate of drug-likeness (QED) is 0.680. The van der Waals surface area contributed by atoms with Crippen molar-refractivity contribution in [3.63, 3.8) is 0 Å². The van der Waals surface area contributed by atoms with Gasteiger partial charge in [-0.15, -0.1) is 0 Å². The van der Waals surface area contributed by atoms with E-state index in [1.807, 2.05) is 0 Å². The lowest BCUT2D eigenvalue weighted by molar-refractivity contribution is 0.234. The lowest BCUT2D eigenvalue weighted by Gasteiger charge is -2.24. The van der Waals surface area contributed by atoms with E-state index in [1.165, 1.54) is 51.6 Å². The van der Waals surface area contributed by atoms with Gasteiger partial charge in [0.2, 0.25) is 0 Å². The molecule has 0 unspecified atom stereocenters. The molecule has 1 fully saturated rings. The number of rotatable bonds is 7. The van der Waals surface area contributed by atoms with E-state index < -0.39 is 0 Å². The summed E-state index contributed by atoms with van der Waals surface area (Å²) in [5.74, 6) is 0.971. The molecular formula is C12H26N2. The normalized spacial score (nSPS) is 18.2. The first-order chi connectivity index (χ1) is 6.86. The maximum absolute atomic E-state index is 5.63. The molecule has 0 heterocycles. The minimum Gasteiger partial charge on any atom is -0.329 e. The molecule has 2 heteroatoms. The summed E-state index contributed by atoms with van der Waals surface area (Å²) in [7, 11) is 0. The van der Waals surface area contributed by atoms with E-state index in [-0.39, 0.29) is 0 Å². The first-order valence-corrected chi connectivity index (χ1v) is 6.29. The SMILES string of the molecule is CCCCN(CCN)CC1CCCC1. The van der Waals surface area contributed by atoms with Gasteiger partial charge in [0.1, 0.15) is 0 Å². The van der Waals surface area contributed by atoms with Crippen LogP contribution >= 0.6 is 0 Å². The molecule has 1 aliphatic rings. The van der Waals surface area contributed by atoms with Crippen LogP contribution < -0.4 is 5.73 Å². The van der Waals surface area contributed by atoms with Gasteiger partial charge >= 0.3 is 0 Å². The Morgan fingerprint density at radius 2 is 1.93 bits per heavy atom. The highest BCUT2D eigenvalue weighted by atomic mass is 15.1. The van der Waals surface area contributed by atoms with Crippen molar-refractivity contribution in [3.05, 3.63) is 0 Å². The molecular weight excluding hydrogens is 172 g/mol. The van der Waals surface area contributed by atoms with Gasteiger partial charge in [-0.3, -0.25) is 0 Å². The Labute approximate surface area is 88.8 Å². The van der Waals surface area contributed by atoms with Gasteiger partial charge in [-0.2, -0.15) is 0 Å². The van der Waals surface area contributed by atoms with Crippen molar-refractivity contribution in [2.24, 2.45) is 11.7 Å². The summed E-state index contributed by atoms with van der Waals surface area (Å²) in [6, 6.07) is 0. The Hall–Kier alpha value is -0.0800. The molecule has 2 N–H and O–H groups in total. The summed E-state index contributed by atoms with van der Waals surface area (Å²) >= 11 is 0. The number of hydrogen-bond donors (Lipinski definition) is 1.